The maximum Gasteiger partial charge on any atom is 0.411 e. The van der Waals surface area contributed by atoms with Gasteiger partial charge in [0.25, 0.3) is 0 Å². The summed E-state index contributed by atoms with van der Waals surface area (Å²) in [6.07, 6.45) is -0.518. The topological polar surface area (TPSA) is 73.6 Å². The summed E-state index contributed by atoms with van der Waals surface area (Å²) in [6, 6.07) is 5.05. The maximum atomic E-state index is 11.6. The Labute approximate surface area is 118 Å². The lowest BCUT2D eigenvalue weighted by Gasteiger charge is -2.12. The van der Waals surface area contributed by atoms with Crippen molar-refractivity contribution in [3.63, 3.8) is 0 Å². The van der Waals surface area contributed by atoms with Gasteiger partial charge in [-0.3, -0.25) is 5.32 Å². The summed E-state index contributed by atoms with van der Waals surface area (Å²) in [6.45, 7) is 4.29. The molecule has 0 bridgehead atoms. The van der Waals surface area contributed by atoms with Crippen LogP contribution in [0.3, 0.4) is 0 Å². The fourth-order valence-corrected chi connectivity index (χ4v) is 1.46. The molecular weight excluding hydrogens is 264 g/mol. The highest BCUT2D eigenvalue weighted by Crippen LogP contribution is 2.25. The van der Waals surface area contributed by atoms with E-state index in [9.17, 15) is 4.79 Å². The summed E-state index contributed by atoms with van der Waals surface area (Å²) >= 11 is 4.88. The number of carbonyl (C=O) groups excluding carboxylic acids is 1. The Morgan fingerprint density at radius 3 is 2.68 bits per heavy atom. The van der Waals surface area contributed by atoms with Gasteiger partial charge in [0.1, 0.15) is 10.7 Å². The van der Waals surface area contributed by atoms with Crippen LogP contribution in [0.5, 0.6) is 5.75 Å². The second-order valence-corrected chi connectivity index (χ2v) is 4.84. The average Bonchev–Trinajstić information content (AvgIpc) is 2.36. The van der Waals surface area contributed by atoms with E-state index < -0.39 is 6.09 Å². The number of rotatable bonds is 5. The van der Waals surface area contributed by atoms with E-state index in [0.29, 0.717) is 23.6 Å². The first-order valence-corrected chi connectivity index (χ1v) is 6.26. The zero-order valence-corrected chi connectivity index (χ0v) is 12.0. The van der Waals surface area contributed by atoms with Gasteiger partial charge in [-0.1, -0.05) is 26.1 Å². The van der Waals surface area contributed by atoms with Crippen LogP contribution >= 0.6 is 12.2 Å². The van der Waals surface area contributed by atoms with Crippen LogP contribution in [-0.4, -0.2) is 24.8 Å². The molecule has 1 amide bonds. The molecule has 19 heavy (non-hydrogen) atoms. The van der Waals surface area contributed by atoms with Crippen LogP contribution in [0.1, 0.15) is 19.4 Å². The molecule has 0 atom stereocenters. The van der Waals surface area contributed by atoms with Gasteiger partial charge < -0.3 is 15.2 Å². The number of ether oxygens (including phenoxy) is 2. The number of hydrogen-bond donors (Lipinski definition) is 2. The molecule has 1 aromatic carbocycles. The Morgan fingerprint density at radius 2 is 2.16 bits per heavy atom. The normalized spacial score (nSPS) is 10.1. The number of nitrogens with two attached hydrogens (primary N) is 1. The second-order valence-electron chi connectivity index (χ2n) is 4.40. The number of amides is 1. The van der Waals surface area contributed by atoms with E-state index in [2.05, 4.69) is 5.32 Å². The van der Waals surface area contributed by atoms with Gasteiger partial charge in [0, 0.05) is 5.56 Å². The van der Waals surface area contributed by atoms with E-state index in [0.717, 1.165) is 0 Å². The summed E-state index contributed by atoms with van der Waals surface area (Å²) in [5.74, 6) is 0.761. The van der Waals surface area contributed by atoms with Gasteiger partial charge >= 0.3 is 6.09 Å². The molecule has 0 aliphatic rings. The molecule has 0 spiro atoms. The molecule has 0 fully saturated rings. The molecule has 5 nitrogen and oxygen atoms in total. The van der Waals surface area contributed by atoms with Crippen LogP contribution in [0, 0.1) is 5.92 Å². The van der Waals surface area contributed by atoms with Crippen molar-refractivity contribution in [1.82, 2.24) is 0 Å². The van der Waals surface area contributed by atoms with Gasteiger partial charge in [0.05, 0.1) is 19.4 Å². The van der Waals surface area contributed by atoms with E-state index in [1.807, 2.05) is 13.8 Å². The van der Waals surface area contributed by atoms with Gasteiger partial charge in [-0.25, -0.2) is 4.79 Å². The van der Waals surface area contributed by atoms with E-state index in [1.165, 1.54) is 7.11 Å². The summed E-state index contributed by atoms with van der Waals surface area (Å²) in [4.78, 5) is 11.8. The Hall–Kier alpha value is -1.82. The second kappa shape index (κ2) is 6.94. The molecule has 0 aliphatic carbocycles. The molecule has 104 valence electrons. The largest absolute Gasteiger partial charge is 0.495 e. The van der Waals surface area contributed by atoms with Crippen molar-refractivity contribution in [3.8, 4) is 5.75 Å². The quantitative estimate of drug-likeness (QED) is 0.812. The van der Waals surface area contributed by atoms with Crippen molar-refractivity contribution in [1.29, 1.82) is 0 Å². The molecule has 0 unspecified atom stereocenters. The molecule has 0 radical (unpaired) electrons. The Balaban J connectivity index is 2.78. The SMILES string of the molecule is COc1cc(C(N)=S)ccc1NC(=O)OCC(C)C. The first-order chi connectivity index (χ1) is 8.93. The number of hydrogen-bond acceptors (Lipinski definition) is 4. The average molecular weight is 282 g/mol. The number of carbonyl (C=O) groups is 1. The van der Waals surface area contributed by atoms with Crippen molar-refractivity contribution in [2.45, 2.75) is 13.8 Å². The fourth-order valence-electron chi connectivity index (χ4n) is 1.34. The smallest absolute Gasteiger partial charge is 0.411 e. The maximum absolute atomic E-state index is 11.6. The Morgan fingerprint density at radius 1 is 1.47 bits per heavy atom. The summed E-state index contributed by atoms with van der Waals surface area (Å²) in [5.41, 5.74) is 6.72. The lowest BCUT2D eigenvalue weighted by atomic mass is 10.2. The molecule has 3 N–H and O–H groups in total. The van der Waals surface area contributed by atoms with Gasteiger partial charge in [0.15, 0.2) is 0 Å². The first-order valence-electron chi connectivity index (χ1n) is 5.85. The molecule has 1 rings (SSSR count). The highest BCUT2D eigenvalue weighted by atomic mass is 32.1. The molecule has 0 heterocycles. The summed E-state index contributed by atoms with van der Waals surface area (Å²) in [7, 11) is 1.50. The highest BCUT2D eigenvalue weighted by Gasteiger charge is 2.10. The minimum atomic E-state index is -0.518. The van der Waals surface area contributed by atoms with Crippen LogP contribution in [0.2, 0.25) is 0 Å². The van der Waals surface area contributed by atoms with Crippen LogP contribution < -0.4 is 15.8 Å². The van der Waals surface area contributed by atoms with Crippen LogP contribution in [0.4, 0.5) is 10.5 Å². The minimum Gasteiger partial charge on any atom is -0.495 e. The van der Waals surface area contributed by atoms with Crippen molar-refractivity contribution in [3.05, 3.63) is 23.8 Å². The molecule has 0 saturated carbocycles. The molecule has 0 aromatic heterocycles. The molecule has 1 aromatic rings. The lowest BCUT2D eigenvalue weighted by molar-refractivity contribution is 0.147. The summed E-state index contributed by atoms with van der Waals surface area (Å²) < 4.78 is 10.2. The van der Waals surface area contributed by atoms with Crippen molar-refractivity contribution >= 4 is 29.0 Å². The van der Waals surface area contributed by atoms with Crippen molar-refractivity contribution in [2.75, 3.05) is 19.0 Å². The van der Waals surface area contributed by atoms with Crippen molar-refractivity contribution in [2.24, 2.45) is 11.7 Å². The third-order valence-corrected chi connectivity index (χ3v) is 2.51. The molecule has 0 aliphatic heterocycles. The van der Waals surface area contributed by atoms with E-state index >= 15 is 0 Å². The van der Waals surface area contributed by atoms with E-state index in [-0.39, 0.29) is 10.9 Å². The Bertz CT molecular complexity index is 475. The van der Waals surface area contributed by atoms with Gasteiger partial charge in [0.2, 0.25) is 0 Å². The zero-order chi connectivity index (χ0) is 14.4. The minimum absolute atomic E-state index is 0.271. The van der Waals surface area contributed by atoms with Gasteiger partial charge in [-0.2, -0.15) is 0 Å². The standard InChI is InChI=1S/C13H18N2O3S/c1-8(2)7-18-13(16)15-10-5-4-9(12(14)19)6-11(10)17-3/h4-6,8H,7H2,1-3H3,(H2,14,19)(H,15,16). The highest BCUT2D eigenvalue weighted by molar-refractivity contribution is 7.80. The van der Waals surface area contributed by atoms with Gasteiger partial charge in [-0.05, 0) is 24.1 Å². The number of anilines is 1. The lowest BCUT2D eigenvalue weighted by Crippen LogP contribution is -2.17. The first kappa shape index (κ1) is 15.2. The van der Waals surface area contributed by atoms with Crippen molar-refractivity contribution < 1.29 is 14.3 Å². The Kier molecular flexibility index (Phi) is 5.57. The predicted molar refractivity (Wildman–Crippen MR) is 78.7 cm³/mol. The third-order valence-electron chi connectivity index (χ3n) is 2.27. The van der Waals surface area contributed by atoms with E-state index in [4.69, 9.17) is 27.4 Å². The molecular formula is C13H18N2O3S. The van der Waals surface area contributed by atoms with Crippen LogP contribution in [-0.2, 0) is 4.74 Å². The van der Waals surface area contributed by atoms with Crippen LogP contribution in [0.25, 0.3) is 0 Å². The molecule has 0 saturated heterocycles. The number of benzene rings is 1. The monoisotopic (exact) mass is 282 g/mol. The molecule has 6 heteroatoms. The zero-order valence-electron chi connectivity index (χ0n) is 11.2. The summed E-state index contributed by atoms with van der Waals surface area (Å²) in [5, 5.41) is 2.61. The number of thiocarbonyl (C=S) groups is 1. The third kappa shape index (κ3) is 4.75. The number of methoxy groups -OCH3 is 1. The van der Waals surface area contributed by atoms with E-state index in [1.54, 1.807) is 18.2 Å². The predicted octanol–water partition coefficient (Wildman–Crippen LogP) is 2.53. The fraction of sp³-hybridized carbons (Fsp3) is 0.385. The number of nitrogens with one attached hydrogen (secondary N) is 1. The van der Waals surface area contributed by atoms with Crippen LogP contribution in [0.15, 0.2) is 18.2 Å². The van der Waals surface area contributed by atoms with Gasteiger partial charge in [-0.15, -0.1) is 0 Å².